The molecule has 1 fully saturated rings. The Labute approximate surface area is 238 Å². The lowest BCUT2D eigenvalue weighted by Crippen LogP contribution is -2.54. The molecule has 4 unspecified atom stereocenters. The Kier molecular flexibility index (Phi) is 8.51. The number of carbonyl (C=O) groups excluding carboxylic acids is 4. The smallest absolute Gasteiger partial charge is 0.408 e. The van der Waals surface area contributed by atoms with E-state index in [4.69, 9.17) is 10.5 Å². The lowest BCUT2D eigenvalue weighted by Gasteiger charge is -2.35. The van der Waals surface area contributed by atoms with Crippen molar-refractivity contribution in [2.45, 2.75) is 64.3 Å². The van der Waals surface area contributed by atoms with Crippen molar-refractivity contribution in [3.63, 3.8) is 0 Å². The first-order valence-corrected chi connectivity index (χ1v) is 13.5. The number of nitrogens with one attached hydrogen (secondary N) is 2. The second-order valence-electron chi connectivity index (χ2n) is 11.4. The number of rotatable bonds is 9. The van der Waals surface area contributed by atoms with Crippen molar-refractivity contribution in [3.05, 3.63) is 72.3 Å². The Balaban J connectivity index is 1.71. The molecule has 0 heterocycles. The maximum absolute atomic E-state index is 14.1. The second kappa shape index (κ2) is 11.9. The molecule has 4 rings (SSSR count). The zero-order valence-electron chi connectivity index (χ0n) is 23.6. The van der Waals surface area contributed by atoms with Crippen LogP contribution in [0.25, 0.3) is 10.8 Å². The lowest BCUT2D eigenvalue weighted by molar-refractivity contribution is -0.142. The van der Waals surface area contributed by atoms with E-state index in [1.807, 2.05) is 43.3 Å². The molecule has 0 radical (unpaired) electrons. The summed E-state index contributed by atoms with van der Waals surface area (Å²) in [6, 6.07) is 16.4. The molecule has 0 aliphatic heterocycles. The van der Waals surface area contributed by atoms with Crippen molar-refractivity contribution in [2.24, 2.45) is 11.7 Å². The van der Waals surface area contributed by atoms with Gasteiger partial charge in [-0.25, -0.2) is 4.79 Å². The molecular weight excluding hydrogens is 524 g/mol. The molecule has 216 valence electrons. The van der Waals surface area contributed by atoms with Crippen LogP contribution in [0.15, 0.2) is 66.7 Å². The molecule has 3 aromatic carbocycles. The average Bonchev–Trinajstić information content (AvgIpc) is 3.61. The Morgan fingerprint density at radius 1 is 1.02 bits per heavy atom. The number of carbonyl (C=O) groups is 4. The summed E-state index contributed by atoms with van der Waals surface area (Å²) in [6.45, 7) is 6.97. The zero-order valence-corrected chi connectivity index (χ0v) is 23.6. The first-order chi connectivity index (χ1) is 19.3. The van der Waals surface area contributed by atoms with Crippen LogP contribution in [0.1, 0.15) is 52.1 Å². The van der Waals surface area contributed by atoms with E-state index in [9.17, 15) is 24.3 Å². The highest BCUT2D eigenvalue weighted by Gasteiger charge is 2.48. The minimum Gasteiger partial charge on any atom is -0.508 e. The number of phenolic OH excluding ortho intramolecular Hbond substituents is 1. The molecular formula is C31H36N4O6. The molecule has 4 atom stereocenters. The van der Waals surface area contributed by atoms with Gasteiger partial charge in [-0.15, -0.1) is 0 Å². The van der Waals surface area contributed by atoms with Gasteiger partial charge in [-0.3, -0.25) is 14.4 Å². The fraction of sp³-hybridized carbons (Fsp3) is 0.355. The third-order valence-electron chi connectivity index (χ3n) is 6.83. The maximum Gasteiger partial charge on any atom is 0.408 e. The van der Waals surface area contributed by atoms with Crippen LogP contribution in [0.4, 0.5) is 10.5 Å². The van der Waals surface area contributed by atoms with Gasteiger partial charge in [-0.1, -0.05) is 49.4 Å². The number of nitrogens with zero attached hydrogens (tertiary/aromatic N) is 1. The van der Waals surface area contributed by atoms with E-state index < -0.39 is 47.9 Å². The number of amides is 4. The summed E-state index contributed by atoms with van der Waals surface area (Å²) in [5.41, 5.74) is 5.60. The maximum atomic E-state index is 14.1. The van der Waals surface area contributed by atoms with Crippen molar-refractivity contribution < 1.29 is 29.0 Å². The second-order valence-corrected chi connectivity index (χ2v) is 11.4. The minimum absolute atomic E-state index is 0.00157. The molecule has 4 amide bonds. The number of anilines is 1. The molecule has 0 aromatic heterocycles. The number of benzene rings is 3. The van der Waals surface area contributed by atoms with Crippen molar-refractivity contribution >= 4 is 40.3 Å². The number of hydrogen-bond acceptors (Lipinski definition) is 6. The SMILES string of the molecule is CC1CC1N(C(=O)C(CC(N)=O)NC(=O)OC(C)(C)C)C(C(=O)Nc1ccc2ccccc2c1)c1ccc(O)cc1. The van der Waals surface area contributed by atoms with Gasteiger partial charge in [0.25, 0.3) is 5.91 Å². The quantitative estimate of drug-likeness (QED) is 0.307. The number of primary amides is 1. The van der Waals surface area contributed by atoms with Crippen LogP contribution in [-0.4, -0.2) is 51.5 Å². The van der Waals surface area contributed by atoms with Crippen LogP contribution >= 0.6 is 0 Å². The topological polar surface area (TPSA) is 151 Å². The summed E-state index contributed by atoms with van der Waals surface area (Å²) in [6.07, 6.45) is -0.744. The molecule has 3 aromatic rings. The van der Waals surface area contributed by atoms with Crippen LogP contribution < -0.4 is 16.4 Å². The molecule has 0 spiro atoms. The number of ether oxygens (including phenoxy) is 1. The minimum atomic E-state index is -1.36. The van der Waals surface area contributed by atoms with Gasteiger partial charge in [0.2, 0.25) is 11.8 Å². The highest BCUT2D eigenvalue weighted by atomic mass is 16.6. The molecule has 10 heteroatoms. The molecule has 1 saturated carbocycles. The summed E-state index contributed by atoms with van der Waals surface area (Å²) in [7, 11) is 0. The van der Waals surface area contributed by atoms with E-state index in [-0.39, 0.29) is 17.7 Å². The van der Waals surface area contributed by atoms with Crippen molar-refractivity contribution in [2.75, 3.05) is 5.32 Å². The van der Waals surface area contributed by atoms with Crippen LogP contribution in [0.2, 0.25) is 0 Å². The fourth-order valence-corrected chi connectivity index (χ4v) is 4.78. The predicted octanol–water partition coefficient (Wildman–Crippen LogP) is 4.23. The average molecular weight is 561 g/mol. The Morgan fingerprint density at radius 2 is 1.66 bits per heavy atom. The molecule has 1 aliphatic carbocycles. The molecule has 1 aliphatic rings. The van der Waals surface area contributed by atoms with E-state index in [2.05, 4.69) is 10.6 Å². The summed E-state index contributed by atoms with van der Waals surface area (Å²) in [4.78, 5) is 54.1. The number of phenols is 1. The highest BCUT2D eigenvalue weighted by Crippen LogP contribution is 2.41. The van der Waals surface area contributed by atoms with Crippen LogP contribution in [0.5, 0.6) is 5.75 Å². The van der Waals surface area contributed by atoms with Gasteiger partial charge < -0.3 is 31.1 Å². The fourth-order valence-electron chi connectivity index (χ4n) is 4.78. The molecule has 0 saturated heterocycles. The largest absolute Gasteiger partial charge is 0.508 e. The Morgan fingerprint density at radius 3 is 2.24 bits per heavy atom. The number of aromatic hydroxyl groups is 1. The number of fused-ring (bicyclic) bond motifs is 1. The summed E-state index contributed by atoms with van der Waals surface area (Å²) >= 11 is 0. The highest BCUT2D eigenvalue weighted by molar-refractivity contribution is 6.01. The molecule has 10 nitrogen and oxygen atoms in total. The summed E-state index contributed by atoms with van der Waals surface area (Å²) in [5.74, 6) is -1.87. The number of alkyl carbamates (subject to hydrolysis) is 1. The van der Waals surface area contributed by atoms with Crippen LogP contribution in [-0.2, 0) is 19.1 Å². The lowest BCUT2D eigenvalue weighted by atomic mass is 10.0. The summed E-state index contributed by atoms with van der Waals surface area (Å²) in [5, 5.41) is 17.3. The van der Waals surface area contributed by atoms with Gasteiger partial charge in [-0.05, 0) is 73.7 Å². The van der Waals surface area contributed by atoms with E-state index in [1.165, 1.54) is 17.0 Å². The molecule has 5 N–H and O–H groups in total. The normalized spacial score (nSPS) is 17.7. The first-order valence-electron chi connectivity index (χ1n) is 13.5. The van der Waals surface area contributed by atoms with Gasteiger partial charge in [0.05, 0.1) is 6.42 Å². The molecule has 41 heavy (non-hydrogen) atoms. The Hall–Kier alpha value is -4.60. The van der Waals surface area contributed by atoms with Gasteiger partial charge in [0.1, 0.15) is 23.4 Å². The van der Waals surface area contributed by atoms with Crippen molar-refractivity contribution in [1.82, 2.24) is 10.2 Å². The number of hydrogen-bond donors (Lipinski definition) is 4. The van der Waals surface area contributed by atoms with Crippen molar-refractivity contribution in [3.8, 4) is 5.75 Å². The van der Waals surface area contributed by atoms with Gasteiger partial charge >= 0.3 is 6.09 Å². The van der Waals surface area contributed by atoms with E-state index >= 15 is 0 Å². The van der Waals surface area contributed by atoms with E-state index in [0.29, 0.717) is 17.7 Å². The number of nitrogens with two attached hydrogens (primary N) is 1. The van der Waals surface area contributed by atoms with E-state index in [0.717, 1.165) is 10.8 Å². The van der Waals surface area contributed by atoms with Crippen molar-refractivity contribution in [1.29, 1.82) is 0 Å². The van der Waals surface area contributed by atoms with E-state index in [1.54, 1.807) is 39.0 Å². The predicted molar refractivity (Wildman–Crippen MR) is 155 cm³/mol. The van der Waals surface area contributed by atoms with Gasteiger partial charge in [0.15, 0.2) is 0 Å². The third-order valence-corrected chi connectivity index (χ3v) is 6.83. The van der Waals surface area contributed by atoms with Gasteiger partial charge in [0, 0.05) is 11.7 Å². The first kappa shape index (κ1) is 29.4. The van der Waals surface area contributed by atoms with Crippen LogP contribution in [0.3, 0.4) is 0 Å². The van der Waals surface area contributed by atoms with Gasteiger partial charge in [-0.2, -0.15) is 0 Å². The zero-order chi connectivity index (χ0) is 29.9. The summed E-state index contributed by atoms with van der Waals surface area (Å²) < 4.78 is 5.32. The third kappa shape index (κ3) is 7.53. The van der Waals surface area contributed by atoms with Crippen LogP contribution in [0, 0.1) is 5.92 Å². The monoisotopic (exact) mass is 560 g/mol. The molecule has 0 bridgehead atoms. The Bertz CT molecular complexity index is 1450. The standard InChI is InChI=1S/C31H36N4O6/c1-18-15-25(18)35(29(39)24(17-26(32)37)34-30(40)41-31(2,3)4)27(20-10-13-23(36)14-11-20)28(38)33-22-12-9-19-7-5-6-8-21(19)16-22/h5-14,16,18,24-25,27,36H,15,17H2,1-4H3,(H2,32,37)(H,33,38)(H,34,40).